The third kappa shape index (κ3) is 5.65. The Bertz CT molecular complexity index is 1020. The van der Waals surface area contributed by atoms with Crippen LogP contribution in [-0.2, 0) is 14.8 Å². The summed E-state index contributed by atoms with van der Waals surface area (Å²) in [6.07, 6.45) is 1.04. The van der Waals surface area contributed by atoms with Gasteiger partial charge in [-0.3, -0.25) is 9.10 Å². The highest BCUT2D eigenvalue weighted by Gasteiger charge is 2.30. The van der Waals surface area contributed by atoms with E-state index in [9.17, 15) is 13.2 Å². The Morgan fingerprint density at radius 2 is 1.45 bits per heavy atom. The second kappa shape index (κ2) is 8.94. The molecule has 0 spiro atoms. The summed E-state index contributed by atoms with van der Waals surface area (Å²) in [5.41, 5.74) is 4.61. The summed E-state index contributed by atoms with van der Waals surface area (Å²) in [5, 5.41) is 3.49. The third-order valence-corrected chi connectivity index (χ3v) is 6.58. The van der Waals surface area contributed by atoms with Crippen LogP contribution in [0.1, 0.15) is 42.1 Å². The molecule has 2 atom stereocenters. The molecule has 2 aromatic rings. The van der Waals surface area contributed by atoms with Crippen LogP contribution in [0, 0.1) is 20.8 Å². The first-order chi connectivity index (χ1) is 13.3. The molecular weight excluding hydrogens is 431 g/mol. The number of hydrogen-bond acceptors (Lipinski definition) is 3. The highest BCUT2D eigenvalue weighted by Crippen LogP contribution is 2.29. The topological polar surface area (TPSA) is 66.5 Å². The van der Waals surface area contributed by atoms with Crippen molar-refractivity contribution >= 4 is 44.8 Å². The molecule has 0 saturated carbocycles. The number of halogens is 2. The summed E-state index contributed by atoms with van der Waals surface area (Å²) in [7, 11) is -3.76. The largest absolute Gasteiger partial charge is 0.348 e. The minimum Gasteiger partial charge on any atom is -0.348 e. The quantitative estimate of drug-likeness (QED) is 0.668. The molecule has 2 rings (SSSR count). The first kappa shape index (κ1) is 23.5. The zero-order valence-electron chi connectivity index (χ0n) is 17.4. The van der Waals surface area contributed by atoms with Crippen LogP contribution in [0.25, 0.3) is 0 Å². The maximum atomic E-state index is 12.9. The molecule has 0 aliphatic carbocycles. The van der Waals surface area contributed by atoms with Crippen molar-refractivity contribution in [3.63, 3.8) is 0 Å². The van der Waals surface area contributed by atoms with E-state index in [1.165, 1.54) is 30.7 Å². The minimum absolute atomic E-state index is 0.239. The summed E-state index contributed by atoms with van der Waals surface area (Å²) in [6, 6.07) is 7.29. The molecule has 29 heavy (non-hydrogen) atoms. The fourth-order valence-electron chi connectivity index (χ4n) is 3.34. The van der Waals surface area contributed by atoms with Crippen LogP contribution in [-0.4, -0.2) is 26.6 Å². The number of sulfonamides is 1. The average molecular weight is 457 g/mol. The van der Waals surface area contributed by atoms with Gasteiger partial charge in [0.15, 0.2) is 0 Å². The van der Waals surface area contributed by atoms with E-state index in [0.29, 0.717) is 0 Å². The smallest absolute Gasteiger partial charge is 0.244 e. The first-order valence-electron chi connectivity index (χ1n) is 9.15. The molecule has 0 unspecified atom stereocenters. The molecule has 1 amide bonds. The number of hydrogen-bond donors (Lipinski definition) is 1. The van der Waals surface area contributed by atoms with Crippen molar-refractivity contribution in [3.05, 3.63) is 62.6 Å². The Morgan fingerprint density at radius 3 is 1.97 bits per heavy atom. The number of nitrogens with one attached hydrogen (secondary N) is 1. The molecule has 2 aromatic carbocycles. The summed E-state index contributed by atoms with van der Waals surface area (Å²) >= 11 is 12.1. The molecule has 0 radical (unpaired) electrons. The molecule has 0 aromatic heterocycles. The lowest BCUT2D eigenvalue weighted by Crippen LogP contribution is -2.48. The van der Waals surface area contributed by atoms with Crippen LogP contribution < -0.4 is 9.62 Å². The van der Waals surface area contributed by atoms with Crippen molar-refractivity contribution in [1.29, 1.82) is 0 Å². The van der Waals surface area contributed by atoms with Crippen LogP contribution in [0.4, 0.5) is 5.69 Å². The summed E-state index contributed by atoms with van der Waals surface area (Å²) in [6.45, 7) is 9.46. The van der Waals surface area contributed by atoms with Crippen LogP contribution >= 0.6 is 23.2 Å². The lowest BCUT2D eigenvalue weighted by Gasteiger charge is -2.30. The maximum Gasteiger partial charge on any atom is 0.244 e. The van der Waals surface area contributed by atoms with Crippen molar-refractivity contribution in [2.24, 2.45) is 0 Å². The Labute approximate surface area is 183 Å². The van der Waals surface area contributed by atoms with E-state index in [4.69, 9.17) is 23.2 Å². The van der Waals surface area contributed by atoms with Gasteiger partial charge in [-0.2, -0.15) is 0 Å². The van der Waals surface area contributed by atoms with Gasteiger partial charge < -0.3 is 5.32 Å². The fourth-order valence-corrected chi connectivity index (χ4v) is 5.01. The molecule has 0 heterocycles. The average Bonchev–Trinajstić information content (AvgIpc) is 2.55. The number of rotatable bonds is 6. The van der Waals surface area contributed by atoms with Crippen molar-refractivity contribution in [3.8, 4) is 0 Å². The monoisotopic (exact) mass is 456 g/mol. The van der Waals surface area contributed by atoms with Crippen molar-refractivity contribution in [2.75, 3.05) is 10.6 Å². The number of carbonyl (C=O) groups is 1. The Hall–Kier alpha value is -1.76. The van der Waals surface area contributed by atoms with Crippen LogP contribution in [0.15, 0.2) is 30.3 Å². The summed E-state index contributed by atoms with van der Waals surface area (Å²) in [5.74, 6) is -0.420. The maximum absolute atomic E-state index is 12.9. The molecule has 1 N–H and O–H groups in total. The van der Waals surface area contributed by atoms with Gasteiger partial charge in [-0.1, -0.05) is 35.3 Å². The highest BCUT2D eigenvalue weighted by atomic mass is 35.5. The highest BCUT2D eigenvalue weighted by molar-refractivity contribution is 7.92. The molecule has 0 saturated heterocycles. The van der Waals surface area contributed by atoms with Gasteiger partial charge in [0.1, 0.15) is 6.04 Å². The number of carbonyl (C=O) groups excluding carboxylic acids is 1. The fraction of sp³-hybridized carbons (Fsp3) is 0.381. The predicted octanol–water partition coefficient (Wildman–Crippen LogP) is 4.95. The molecule has 0 bridgehead atoms. The molecule has 0 fully saturated rings. The predicted molar refractivity (Wildman–Crippen MR) is 120 cm³/mol. The number of amides is 1. The summed E-state index contributed by atoms with van der Waals surface area (Å²) < 4.78 is 25.9. The van der Waals surface area contributed by atoms with E-state index >= 15 is 0 Å². The van der Waals surface area contributed by atoms with Crippen LogP contribution in [0.2, 0.25) is 10.0 Å². The van der Waals surface area contributed by atoms with E-state index in [1.54, 1.807) is 0 Å². The van der Waals surface area contributed by atoms with Gasteiger partial charge in [-0.15, -0.1) is 0 Å². The first-order valence-corrected chi connectivity index (χ1v) is 11.7. The molecule has 158 valence electrons. The second-order valence-corrected chi connectivity index (χ2v) is 10.1. The number of benzene rings is 2. The molecule has 0 aliphatic rings. The third-order valence-electron chi connectivity index (χ3n) is 4.90. The molecule has 8 heteroatoms. The standard InChI is InChI=1S/C21H26Cl2N2O3S/c1-12-7-14(3)20(8-13(12)2)15(4)24-21(26)16(5)25(29(6,27)28)19-10-17(22)9-18(23)11-19/h7-11,15-16H,1-6H3,(H,24,26)/t15-,16+/m1/s1. The molecule has 0 aliphatic heterocycles. The van der Waals surface area contributed by atoms with E-state index in [-0.39, 0.29) is 21.8 Å². The van der Waals surface area contributed by atoms with E-state index in [2.05, 4.69) is 11.4 Å². The number of anilines is 1. The lowest BCUT2D eigenvalue weighted by atomic mass is 9.96. The van der Waals surface area contributed by atoms with Gasteiger partial charge in [0.05, 0.1) is 18.0 Å². The van der Waals surface area contributed by atoms with Gasteiger partial charge in [-0.05, 0) is 75.1 Å². The van der Waals surface area contributed by atoms with Gasteiger partial charge in [0.2, 0.25) is 15.9 Å². The van der Waals surface area contributed by atoms with Crippen molar-refractivity contribution in [1.82, 2.24) is 5.32 Å². The zero-order valence-corrected chi connectivity index (χ0v) is 19.7. The van der Waals surface area contributed by atoms with Crippen molar-refractivity contribution in [2.45, 2.75) is 46.7 Å². The van der Waals surface area contributed by atoms with E-state index in [1.807, 2.05) is 33.8 Å². The number of aryl methyl sites for hydroxylation is 3. The minimum atomic E-state index is -3.76. The Morgan fingerprint density at radius 1 is 0.931 bits per heavy atom. The zero-order chi connectivity index (χ0) is 22.1. The van der Waals surface area contributed by atoms with Gasteiger partial charge >= 0.3 is 0 Å². The van der Waals surface area contributed by atoms with Gasteiger partial charge in [0, 0.05) is 10.0 Å². The van der Waals surface area contributed by atoms with Crippen LogP contribution in [0.3, 0.4) is 0 Å². The summed E-state index contributed by atoms with van der Waals surface area (Å²) in [4.78, 5) is 12.9. The van der Waals surface area contributed by atoms with Gasteiger partial charge in [0.25, 0.3) is 0 Å². The van der Waals surface area contributed by atoms with E-state index in [0.717, 1.165) is 27.3 Å². The van der Waals surface area contributed by atoms with Gasteiger partial charge in [-0.25, -0.2) is 8.42 Å². The lowest BCUT2D eigenvalue weighted by molar-refractivity contribution is -0.122. The Balaban J connectivity index is 2.33. The van der Waals surface area contributed by atoms with E-state index < -0.39 is 22.0 Å². The second-order valence-electron chi connectivity index (χ2n) is 7.39. The number of nitrogens with zero attached hydrogens (tertiary/aromatic N) is 1. The normalized spacial score (nSPS) is 13.7. The molecule has 5 nitrogen and oxygen atoms in total. The SMILES string of the molecule is Cc1cc(C)c([C@@H](C)NC(=O)[C@H](C)N(c2cc(Cl)cc(Cl)c2)S(C)(=O)=O)cc1C. The van der Waals surface area contributed by atoms with Crippen molar-refractivity contribution < 1.29 is 13.2 Å². The molecular formula is C21H26Cl2N2O3S. The Kier molecular flexibility index (Phi) is 7.25. The van der Waals surface area contributed by atoms with Crippen LogP contribution in [0.5, 0.6) is 0 Å².